The first-order valence-corrected chi connectivity index (χ1v) is 14.4. The Bertz CT molecular complexity index is 1220. The van der Waals surface area contributed by atoms with E-state index >= 15 is 0 Å². The van der Waals surface area contributed by atoms with Crippen LogP contribution in [0, 0.1) is 0 Å². The maximum atomic E-state index is 13.3. The summed E-state index contributed by atoms with van der Waals surface area (Å²) >= 11 is 0. The lowest BCUT2D eigenvalue weighted by molar-refractivity contribution is -0.128. The van der Waals surface area contributed by atoms with Crippen LogP contribution in [-0.2, 0) is 32.1 Å². The van der Waals surface area contributed by atoms with E-state index in [-0.39, 0.29) is 37.1 Å². The minimum atomic E-state index is -1.35. The van der Waals surface area contributed by atoms with Gasteiger partial charge in [-0.15, -0.1) is 0 Å². The Labute approximate surface area is 252 Å². The Hall–Kier alpha value is -4.00. The van der Waals surface area contributed by atoms with E-state index in [0.717, 1.165) is 11.1 Å². The molecule has 0 saturated carbocycles. The van der Waals surface area contributed by atoms with E-state index in [9.17, 15) is 24.3 Å². The molecule has 3 rings (SSSR count). The van der Waals surface area contributed by atoms with E-state index in [1.165, 1.54) is 0 Å². The molecule has 0 aliphatic carbocycles. The van der Waals surface area contributed by atoms with Gasteiger partial charge >= 0.3 is 6.09 Å². The molecular formula is C31H44N6O6. The van der Waals surface area contributed by atoms with Crippen molar-refractivity contribution in [3.05, 3.63) is 71.8 Å². The van der Waals surface area contributed by atoms with Crippen LogP contribution in [0.4, 0.5) is 4.79 Å². The zero-order valence-electron chi connectivity index (χ0n) is 25.0. The average molecular weight is 597 g/mol. The molecule has 1 saturated heterocycles. The molecule has 43 heavy (non-hydrogen) atoms. The van der Waals surface area contributed by atoms with Gasteiger partial charge in [-0.1, -0.05) is 60.7 Å². The van der Waals surface area contributed by atoms with E-state index in [0.29, 0.717) is 13.0 Å². The summed E-state index contributed by atoms with van der Waals surface area (Å²) in [7, 11) is 0. The summed E-state index contributed by atoms with van der Waals surface area (Å²) in [6, 6.07) is 15.3. The molecule has 2 aromatic carbocycles. The van der Waals surface area contributed by atoms with Crippen LogP contribution >= 0.6 is 0 Å². The molecule has 12 heteroatoms. The Kier molecular flexibility index (Phi) is 12.0. The fourth-order valence-electron chi connectivity index (χ4n) is 5.08. The van der Waals surface area contributed by atoms with Gasteiger partial charge in [-0.3, -0.25) is 19.3 Å². The van der Waals surface area contributed by atoms with Gasteiger partial charge in [-0.2, -0.15) is 0 Å². The smallest absolute Gasteiger partial charge is 0.408 e. The second-order valence-corrected chi connectivity index (χ2v) is 11.9. The summed E-state index contributed by atoms with van der Waals surface area (Å²) in [5, 5.41) is 19.1. The molecule has 1 fully saturated rings. The molecule has 8 N–H and O–H groups in total. The molecule has 0 unspecified atom stereocenters. The molecule has 2 aromatic rings. The van der Waals surface area contributed by atoms with Gasteiger partial charge in [0.15, 0.2) is 0 Å². The first kappa shape index (κ1) is 33.5. The van der Waals surface area contributed by atoms with Crippen molar-refractivity contribution in [1.29, 1.82) is 0 Å². The lowest BCUT2D eigenvalue weighted by atomic mass is 10.00. The van der Waals surface area contributed by atoms with Gasteiger partial charge in [-0.05, 0) is 44.7 Å². The highest BCUT2D eigenvalue weighted by atomic mass is 16.5. The number of hydrogen-bond donors (Lipinski definition) is 6. The molecule has 1 aliphatic rings. The van der Waals surface area contributed by atoms with Gasteiger partial charge < -0.3 is 37.3 Å². The molecule has 0 spiro atoms. The third-order valence-electron chi connectivity index (χ3n) is 7.30. The molecular weight excluding hydrogens is 552 g/mol. The molecule has 5 atom stereocenters. The highest BCUT2D eigenvalue weighted by Crippen LogP contribution is 2.26. The van der Waals surface area contributed by atoms with Crippen molar-refractivity contribution in [2.75, 3.05) is 13.1 Å². The average Bonchev–Trinajstić information content (AvgIpc) is 3.37. The third kappa shape index (κ3) is 10.7. The van der Waals surface area contributed by atoms with E-state index in [1.54, 1.807) is 24.3 Å². The number of nitrogens with two attached hydrogens (primary N) is 2. The first-order chi connectivity index (χ1) is 20.3. The number of rotatable bonds is 13. The van der Waals surface area contributed by atoms with E-state index in [1.807, 2.05) is 62.1 Å². The maximum absolute atomic E-state index is 13.3. The fourth-order valence-corrected chi connectivity index (χ4v) is 5.08. The molecule has 4 amide bonds. The fraction of sp³-hybridized carbons (Fsp3) is 0.484. The quantitative estimate of drug-likeness (QED) is 0.193. The number of hydrogen-bond acceptors (Lipinski definition) is 8. The molecule has 0 bridgehead atoms. The number of likely N-dealkylation sites (tertiary alicyclic amines) is 1. The number of nitrogens with one attached hydrogen (secondary N) is 3. The normalized spacial score (nSPS) is 19.1. The Morgan fingerprint density at radius 2 is 1.60 bits per heavy atom. The van der Waals surface area contributed by atoms with Crippen LogP contribution in [0.15, 0.2) is 60.7 Å². The number of aliphatic hydroxyl groups excluding tert-OH is 1. The zero-order chi connectivity index (χ0) is 31.6. The zero-order valence-corrected chi connectivity index (χ0v) is 25.0. The molecule has 12 nitrogen and oxygen atoms in total. The summed E-state index contributed by atoms with van der Waals surface area (Å²) in [4.78, 5) is 52.7. The van der Waals surface area contributed by atoms with Crippen molar-refractivity contribution in [2.24, 2.45) is 11.5 Å². The monoisotopic (exact) mass is 596 g/mol. The predicted octanol–water partition coefficient (Wildman–Crippen LogP) is 0.562. The van der Waals surface area contributed by atoms with E-state index in [4.69, 9.17) is 16.2 Å². The second kappa shape index (κ2) is 15.5. The van der Waals surface area contributed by atoms with Crippen molar-refractivity contribution in [3.8, 4) is 0 Å². The van der Waals surface area contributed by atoms with Crippen LogP contribution < -0.4 is 27.4 Å². The number of nitrogens with zero attached hydrogens (tertiary/aromatic N) is 1. The summed E-state index contributed by atoms with van der Waals surface area (Å²) in [6.07, 6.45) is -1.89. The summed E-state index contributed by atoms with van der Waals surface area (Å²) < 4.78 is 5.20. The SMILES string of the molecule is CC(C)(C)N1C[C@H](N)C[C@H]1C(=O)NC[C@@H](O)[C@H](Cc1ccccc1)NC(=O)[C@H](CC(N)=O)NC(=O)OCc1ccccc1. The number of ether oxygens (including phenoxy) is 1. The van der Waals surface area contributed by atoms with E-state index < -0.39 is 48.6 Å². The molecule has 0 aromatic heterocycles. The van der Waals surface area contributed by atoms with Gasteiger partial charge in [-0.25, -0.2) is 4.79 Å². The number of amides is 4. The third-order valence-corrected chi connectivity index (χ3v) is 7.30. The molecule has 1 aliphatic heterocycles. The molecule has 0 radical (unpaired) electrons. The Balaban J connectivity index is 1.68. The highest BCUT2D eigenvalue weighted by molar-refractivity contribution is 5.90. The summed E-state index contributed by atoms with van der Waals surface area (Å²) in [5.41, 5.74) is 12.8. The highest BCUT2D eigenvalue weighted by Gasteiger charge is 2.41. The number of benzene rings is 2. The number of alkyl carbamates (subject to hydrolysis) is 1. The van der Waals surface area contributed by atoms with Gasteiger partial charge in [0.05, 0.1) is 24.6 Å². The van der Waals surface area contributed by atoms with Crippen LogP contribution in [0.25, 0.3) is 0 Å². The summed E-state index contributed by atoms with van der Waals surface area (Å²) in [6.45, 7) is 6.44. The number of carbonyl (C=O) groups is 4. The van der Waals surface area contributed by atoms with Gasteiger partial charge in [0.2, 0.25) is 17.7 Å². The minimum Gasteiger partial charge on any atom is -0.445 e. The van der Waals surface area contributed by atoms with Crippen molar-refractivity contribution >= 4 is 23.8 Å². The van der Waals surface area contributed by atoms with Crippen LogP contribution in [0.5, 0.6) is 0 Å². The van der Waals surface area contributed by atoms with Crippen LogP contribution in [0.2, 0.25) is 0 Å². The lowest BCUT2D eigenvalue weighted by Crippen LogP contribution is -2.57. The van der Waals surface area contributed by atoms with Gasteiger partial charge in [0, 0.05) is 24.7 Å². The Morgan fingerprint density at radius 1 is 1.00 bits per heavy atom. The Morgan fingerprint density at radius 3 is 2.19 bits per heavy atom. The van der Waals surface area contributed by atoms with Gasteiger partial charge in [0.1, 0.15) is 12.6 Å². The van der Waals surface area contributed by atoms with E-state index in [2.05, 4.69) is 16.0 Å². The van der Waals surface area contributed by atoms with Crippen molar-refractivity contribution in [2.45, 2.75) is 82.5 Å². The lowest BCUT2D eigenvalue weighted by Gasteiger charge is -2.36. The standard InChI is InChI=1S/C31H44N6O6/c1-31(2,3)37-18-22(32)15-25(37)29(41)34-17-26(38)23(14-20-10-6-4-7-11-20)35-28(40)24(16-27(33)39)36-30(42)43-19-21-12-8-5-9-13-21/h4-13,22-26,38H,14-19,32H2,1-3H3,(H2,33,39)(H,34,41)(H,35,40)(H,36,42)/t22-,23+,24+,25+,26-/m1/s1. The maximum Gasteiger partial charge on any atom is 0.408 e. The first-order valence-electron chi connectivity index (χ1n) is 14.4. The minimum absolute atomic E-state index is 0.0365. The number of aliphatic hydroxyl groups is 1. The molecule has 234 valence electrons. The van der Waals surface area contributed by atoms with Crippen LogP contribution in [-0.4, -0.2) is 82.7 Å². The second-order valence-electron chi connectivity index (χ2n) is 11.9. The van der Waals surface area contributed by atoms with Gasteiger partial charge in [0.25, 0.3) is 0 Å². The van der Waals surface area contributed by atoms with Crippen molar-refractivity contribution in [3.63, 3.8) is 0 Å². The van der Waals surface area contributed by atoms with Crippen LogP contribution in [0.1, 0.15) is 44.7 Å². The topological polar surface area (TPSA) is 189 Å². The predicted molar refractivity (Wildman–Crippen MR) is 161 cm³/mol. The largest absolute Gasteiger partial charge is 0.445 e. The molecule has 1 heterocycles. The van der Waals surface area contributed by atoms with Crippen molar-refractivity contribution in [1.82, 2.24) is 20.9 Å². The number of primary amides is 1. The summed E-state index contributed by atoms with van der Waals surface area (Å²) in [5.74, 6) is -1.81. The van der Waals surface area contributed by atoms with Crippen molar-refractivity contribution < 1.29 is 29.0 Å². The van der Waals surface area contributed by atoms with Crippen LogP contribution in [0.3, 0.4) is 0 Å². The number of carbonyl (C=O) groups excluding carboxylic acids is 4.